The van der Waals surface area contributed by atoms with Crippen LogP contribution in [0.25, 0.3) is 0 Å². The summed E-state index contributed by atoms with van der Waals surface area (Å²) in [4.78, 5) is 18.8. The lowest BCUT2D eigenvalue weighted by Gasteiger charge is -2.12. The zero-order chi connectivity index (χ0) is 10.6. The summed E-state index contributed by atoms with van der Waals surface area (Å²) < 4.78 is 5.27. The Morgan fingerprint density at radius 1 is 1.71 bits per heavy atom. The molecule has 0 bridgehead atoms. The molecule has 0 amide bonds. The van der Waals surface area contributed by atoms with E-state index in [1.54, 1.807) is 13.1 Å². The predicted octanol–water partition coefficient (Wildman–Crippen LogP) is 1.21. The van der Waals surface area contributed by atoms with Crippen LogP contribution in [0.4, 0.5) is 5.82 Å². The number of ether oxygens (including phenoxy) is 1. The predicted molar refractivity (Wildman–Crippen MR) is 54.8 cm³/mol. The molecule has 1 aromatic rings. The molecule has 1 unspecified atom stereocenters. The first kappa shape index (κ1) is 10.9. The molecule has 1 rings (SSSR count). The molecule has 5 nitrogen and oxygen atoms in total. The number of hydrogen-bond donors (Lipinski definition) is 1. The summed E-state index contributed by atoms with van der Waals surface area (Å²) in [5.74, 6) is 0.230. The minimum Gasteiger partial charge on any atom is -0.467 e. The minimum absolute atomic E-state index is 0.337. The van der Waals surface area contributed by atoms with Gasteiger partial charge in [-0.1, -0.05) is 0 Å². The van der Waals surface area contributed by atoms with Gasteiger partial charge in [-0.05, 0) is 22.9 Å². The van der Waals surface area contributed by atoms with E-state index >= 15 is 0 Å². The van der Waals surface area contributed by atoms with E-state index in [-0.39, 0.29) is 5.97 Å². The topological polar surface area (TPSA) is 64.1 Å². The molecular formula is C8H10BrN3O2. The highest BCUT2D eigenvalue weighted by molar-refractivity contribution is 9.10. The van der Waals surface area contributed by atoms with Crippen molar-refractivity contribution in [2.24, 2.45) is 0 Å². The molecular weight excluding hydrogens is 250 g/mol. The van der Waals surface area contributed by atoms with Gasteiger partial charge in [0.25, 0.3) is 0 Å². The van der Waals surface area contributed by atoms with Crippen LogP contribution in [0.5, 0.6) is 0 Å². The van der Waals surface area contributed by atoms with Gasteiger partial charge in [0.05, 0.1) is 11.6 Å². The number of halogens is 1. The molecule has 0 aliphatic carbocycles. The molecule has 0 saturated carbocycles. The average Bonchev–Trinajstić information content (AvgIpc) is 2.20. The van der Waals surface area contributed by atoms with Crippen LogP contribution in [0.15, 0.2) is 17.0 Å². The Labute approximate surface area is 90.0 Å². The molecule has 0 spiro atoms. The van der Waals surface area contributed by atoms with Crippen LogP contribution in [-0.4, -0.2) is 29.1 Å². The van der Waals surface area contributed by atoms with Crippen molar-refractivity contribution in [2.75, 3.05) is 12.4 Å². The van der Waals surface area contributed by atoms with Gasteiger partial charge in [0.15, 0.2) is 0 Å². The number of carbonyl (C=O) groups is 1. The Morgan fingerprint density at radius 3 is 3.00 bits per heavy atom. The van der Waals surface area contributed by atoms with Gasteiger partial charge in [0.2, 0.25) is 0 Å². The van der Waals surface area contributed by atoms with Crippen molar-refractivity contribution in [1.29, 1.82) is 0 Å². The SMILES string of the molecule is COC(=O)C(C)Nc1ncncc1Br. The lowest BCUT2D eigenvalue weighted by Crippen LogP contribution is -2.27. The second-order valence-electron chi connectivity index (χ2n) is 2.61. The fourth-order valence-corrected chi connectivity index (χ4v) is 1.19. The van der Waals surface area contributed by atoms with Crippen LogP contribution in [0, 0.1) is 0 Å². The van der Waals surface area contributed by atoms with Crippen molar-refractivity contribution < 1.29 is 9.53 Å². The lowest BCUT2D eigenvalue weighted by atomic mass is 10.3. The van der Waals surface area contributed by atoms with Gasteiger partial charge in [0, 0.05) is 6.20 Å². The van der Waals surface area contributed by atoms with Gasteiger partial charge >= 0.3 is 5.97 Å². The highest BCUT2D eigenvalue weighted by atomic mass is 79.9. The Hall–Kier alpha value is -1.17. The van der Waals surface area contributed by atoms with Crippen molar-refractivity contribution in [3.8, 4) is 0 Å². The third kappa shape index (κ3) is 2.66. The van der Waals surface area contributed by atoms with Crippen molar-refractivity contribution in [1.82, 2.24) is 9.97 Å². The Kier molecular flexibility index (Phi) is 3.82. The number of nitrogens with one attached hydrogen (secondary N) is 1. The highest BCUT2D eigenvalue weighted by Crippen LogP contribution is 2.17. The van der Waals surface area contributed by atoms with Crippen molar-refractivity contribution in [2.45, 2.75) is 13.0 Å². The molecule has 14 heavy (non-hydrogen) atoms. The first-order valence-corrected chi connectivity index (χ1v) is 4.74. The van der Waals surface area contributed by atoms with Crippen LogP contribution in [0.3, 0.4) is 0 Å². The van der Waals surface area contributed by atoms with Crippen LogP contribution in [0.2, 0.25) is 0 Å². The summed E-state index contributed by atoms with van der Waals surface area (Å²) in [6, 6.07) is -0.439. The molecule has 0 fully saturated rings. The Morgan fingerprint density at radius 2 is 2.43 bits per heavy atom. The number of esters is 1. The zero-order valence-corrected chi connectivity index (χ0v) is 9.41. The van der Waals surface area contributed by atoms with E-state index in [9.17, 15) is 4.79 Å². The minimum atomic E-state index is -0.439. The largest absolute Gasteiger partial charge is 0.467 e. The van der Waals surface area contributed by atoms with E-state index < -0.39 is 6.04 Å². The van der Waals surface area contributed by atoms with Crippen molar-refractivity contribution in [3.63, 3.8) is 0 Å². The lowest BCUT2D eigenvalue weighted by molar-refractivity contribution is -0.141. The standard InChI is InChI=1S/C8H10BrN3O2/c1-5(8(13)14-2)12-7-6(9)3-10-4-11-7/h3-5H,1-2H3,(H,10,11,12). The fraction of sp³-hybridized carbons (Fsp3) is 0.375. The highest BCUT2D eigenvalue weighted by Gasteiger charge is 2.14. The number of carbonyl (C=O) groups excluding carboxylic acids is 1. The Bertz CT molecular complexity index is 332. The Balaban J connectivity index is 2.69. The molecule has 1 atom stereocenters. The summed E-state index contributed by atoms with van der Waals surface area (Å²) in [5, 5.41) is 2.89. The number of aromatic nitrogens is 2. The molecule has 1 heterocycles. The monoisotopic (exact) mass is 259 g/mol. The molecule has 0 radical (unpaired) electrons. The normalized spacial score (nSPS) is 11.9. The van der Waals surface area contributed by atoms with E-state index in [4.69, 9.17) is 0 Å². The zero-order valence-electron chi connectivity index (χ0n) is 7.82. The van der Waals surface area contributed by atoms with E-state index in [0.29, 0.717) is 10.3 Å². The number of nitrogens with zero attached hydrogens (tertiary/aromatic N) is 2. The number of methoxy groups -OCH3 is 1. The summed E-state index contributed by atoms with van der Waals surface area (Å²) >= 11 is 3.26. The average molecular weight is 260 g/mol. The number of rotatable bonds is 3. The molecule has 76 valence electrons. The second kappa shape index (κ2) is 4.90. The summed E-state index contributed by atoms with van der Waals surface area (Å²) in [7, 11) is 1.34. The van der Waals surface area contributed by atoms with Crippen LogP contribution >= 0.6 is 15.9 Å². The second-order valence-corrected chi connectivity index (χ2v) is 3.46. The van der Waals surface area contributed by atoms with E-state index in [1.165, 1.54) is 13.4 Å². The van der Waals surface area contributed by atoms with Gasteiger partial charge in [-0.3, -0.25) is 0 Å². The smallest absolute Gasteiger partial charge is 0.328 e. The van der Waals surface area contributed by atoms with Crippen LogP contribution < -0.4 is 5.32 Å². The maximum absolute atomic E-state index is 11.1. The van der Waals surface area contributed by atoms with Crippen molar-refractivity contribution in [3.05, 3.63) is 17.0 Å². The molecule has 0 aromatic carbocycles. The maximum Gasteiger partial charge on any atom is 0.328 e. The third-order valence-corrected chi connectivity index (χ3v) is 2.16. The molecule has 1 aromatic heterocycles. The molecule has 0 saturated heterocycles. The van der Waals surface area contributed by atoms with E-state index in [1.807, 2.05) is 0 Å². The summed E-state index contributed by atoms with van der Waals surface area (Å²) in [6.45, 7) is 1.69. The van der Waals surface area contributed by atoms with E-state index in [2.05, 4.69) is 36.0 Å². The van der Waals surface area contributed by atoms with E-state index in [0.717, 1.165) is 0 Å². The molecule has 6 heteroatoms. The fourth-order valence-electron chi connectivity index (χ4n) is 0.860. The first-order chi connectivity index (χ1) is 6.65. The number of hydrogen-bond acceptors (Lipinski definition) is 5. The van der Waals surface area contributed by atoms with Gasteiger partial charge in [-0.2, -0.15) is 0 Å². The van der Waals surface area contributed by atoms with Gasteiger partial charge < -0.3 is 10.1 Å². The van der Waals surface area contributed by atoms with Gasteiger partial charge in [0.1, 0.15) is 18.2 Å². The van der Waals surface area contributed by atoms with Gasteiger partial charge in [-0.25, -0.2) is 14.8 Å². The summed E-state index contributed by atoms with van der Waals surface area (Å²) in [5.41, 5.74) is 0. The van der Waals surface area contributed by atoms with Crippen molar-refractivity contribution >= 4 is 27.7 Å². The molecule has 1 N–H and O–H groups in total. The third-order valence-electron chi connectivity index (χ3n) is 1.58. The summed E-state index contributed by atoms with van der Waals surface area (Å²) in [6.07, 6.45) is 3.00. The molecule has 0 aliphatic heterocycles. The maximum atomic E-state index is 11.1. The molecule has 0 aliphatic rings. The number of anilines is 1. The van der Waals surface area contributed by atoms with Crippen LogP contribution in [0.1, 0.15) is 6.92 Å². The van der Waals surface area contributed by atoms with Gasteiger partial charge in [-0.15, -0.1) is 0 Å². The first-order valence-electron chi connectivity index (χ1n) is 3.95. The van der Waals surface area contributed by atoms with Crippen LogP contribution in [-0.2, 0) is 9.53 Å². The quantitative estimate of drug-likeness (QED) is 0.827.